The molecule has 0 radical (unpaired) electrons. The van der Waals surface area contributed by atoms with E-state index >= 15 is 0 Å². The predicted molar refractivity (Wildman–Crippen MR) is 98.9 cm³/mol. The first kappa shape index (κ1) is 17.9. The molecule has 1 fully saturated rings. The zero-order chi connectivity index (χ0) is 18.1. The summed E-state index contributed by atoms with van der Waals surface area (Å²) in [4.78, 5) is 24.3. The molecule has 2 aromatic rings. The number of carboxylic acid groups (broad SMARTS) is 1. The number of thioether (sulfide) groups is 1. The number of aromatic nitrogens is 3. The summed E-state index contributed by atoms with van der Waals surface area (Å²) in [6, 6.07) is 5.10. The number of rotatable bonds is 4. The number of carbonyl (C=O) groups is 2. The molecule has 2 heterocycles. The molecule has 1 amide bonds. The van der Waals surface area contributed by atoms with Crippen LogP contribution in [0.25, 0.3) is 11.8 Å². The normalized spacial score (nSPS) is 16.1. The average Bonchev–Trinajstić information content (AvgIpc) is 3.11. The summed E-state index contributed by atoms with van der Waals surface area (Å²) < 4.78 is 1.61. The topological polar surface area (TPSA) is 88.3 Å². The van der Waals surface area contributed by atoms with Crippen LogP contribution in [0, 0.1) is 0 Å². The summed E-state index contributed by atoms with van der Waals surface area (Å²) in [5.41, 5.74) is 0.937. The van der Waals surface area contributed by atoms with Crippen LogP contribution in [0.2, 0.25) is 10.0 Å². The second kappa shape index (κ2) is 7.12. The summed E-state index contributed by atoms with van der Waals surface area (Å²) >= 11 is 18.2. The lowest BCUT2D eigenvalue weighted by Gasteiger charge is -2.09. The maximum atomic E-state index is 12.2. The molecule has 1 saturated heterocycles. The fraction of sp³-hybridized carbons (Fsp3) is 0.0714. The van der Waals surface area contributed by atoms with E-state index in [1.54, 1.807) is 24.4 Å². The Hall–Kier alpha value is -1.94. The van der Waals surface area contributed by atoms with E-state index in [1.807, 2.05) is 0 Å². The van der Waals surface area contributed by atoms with Crippen molar-refractivity contribution in [3.8, 4) is 5.69 Å². The van der Waals surface area contributed by atoms with E-state index in [2.05, 4.69) is 10.3 Å². The Balaban J connectivity index is 1.87. The SMILES string of the molecule is O=C(O)CN1C(=O)/C(=C/c2cn(-c3cccc(Cl)c3Cl)nn2)SC1=S. The molecule has 1 aromatic carbocycles. The molecule has 0 spiro atoms. The van der Waals surface area contributed by atoms with Crippen molar-refractivity contribution in [2.75, 3.05) is 6.54 Å². The van der Waals surface area contributed by atoms with Gasteiger partial charge in [-0.2, -0.15) is 0 Å². The van der Waals surface area contributed by atoms with Crippen LogP contribution in [-0.4, -0.2) is 47.7 Å². The van der Waals surface area contributed by atoms with Crippen LogP contribution in [0.3, 0.4) is 0 Å². The molecule has 0 unspecified atom stereocenters. The lowest BCUT2D eigenvalue weighted by atomic mass is 10.3. The first-order valence-electron chi connectivity index (χ1n) is 6.70. The van der Waals surface area contributed by atoms with Crippen LogP contribution >= 0.6 is 47.2 Å². The van der Waals surface area contributed by atoms with Gasteiger partial charge in [0.2, 0.25) is 0 Å². The Kier molecular flexibility index (Phi) is 5.09. The Morgan fingerprint density at radius 3 is 2.88 bits per heavy atom. The van der Waals surface area contributed by atoms with Gasteiger partial charge in [-0.15, -0.1) is 5.10 Å². The van der Waals surface area contributed by atoms with E-state index in [9.17, 15) is 9.59 Å². The van der Waals surface area contributed by atoms with Crippen LogP contribution in [0.5, 0.6) is 0 Å². The summed E-state index contributed by atoms with van der Waals surface area (Å²) in [6.07, 6.45) is 3.06. The lowest BCUT2D eigenvalue weighted by Crippen LogP contribution is -2.33. The maximum Gasteiger partial charge on any atom is 0.323 e. The first-order valence-corrected chi connectivity index (χ1v) is 8.69. The minimum Gasteiger partial charge on any atom is -0.480 e. The Morgan fingerprint density at radius 1 is 1.40 bits per heavy atom. The highest BCUT2D eigenvalue weighted by Gasteiger charge is 2.33. The number of benzene rings is 1. The van der Waals surface area contributed by atoms with Crippen LogP contribution in [0.4, 0.5) is 0 Å². The molecular formula is C14H8Cl2N4O3S2. The van der Waals surface area contributed by atoms with E-state index in [-0.39, 0.29) is 9.23 Å². The van der Waals surface area contributed by atoms with Gasteiger partial charge in [0.25, 0.3) is 5.91 Å². The van der Waals surface area contributed by atoms with Crippen molar-refractivity contribution in [2.24, 2.45) is 0 Å². The largest absolute Gasteiger partial charge is 0.480 e. The van der Waals surface area contributed by atoms with Crippen molar-refractivity contribution >= 4 is 69.5 Å². The number of hydrogen-bond donors (Lipinski definition) is 1. The molecule has 25 heavy (non-hydrogen) atoms. The van der Waals surface area contributed by atoms with Gasteiger partial charge in [0.15, 0.2) is 0 Å². The van der Waals surface area contributed by atoms with E-state index in [0.717, 1.165) is 16.7 Å². The number of thiocarbonyl (C=S) groups is 1. The fourth-order valence-corrected chi connectivity index (χ4v) is 3.66. The van der Waals surface area contributed by atoms with Gasteiger partial charge in [-0.1, -0.05) is 58.5 Å². The number of carboxylic acids is 1. The molecule has 3 rings (SSSR count). The number of amides is 1. The molecule has 0 aliphatic carbocycles. The zero-order valence-corrected chi connectivity index (χ0v) is 15.4. The van der Waals surface area contributed by atoms with Crippen molar-refractivity contribution in [2.45, 2.75) is 0 Å². The number of halogens is 2. The smallest absolute Gasteiger partial charge is 0.323 e. The predicted octanol–water partition coefficient (Wildman–Crippen LogP) is 2.86. The molecule has 7 nitrogen and oxygen atoms in total. The van der Waals surface area contributed by atoms with Crippen LogP contribution < -0.4 is 0 Å². The Bertz CT molecular complexity index is 929. The minimum atomic E-state index is -1.14. The molecule has 11 heteroatoms. The molecule has 0 bridgehead atoms. The summed E-state index contributed by atoms with van der Waals surface area (Å²) in [7, 11) is 0. The molecule has 128 valence electrons. The van der Waals surface area contributed by atoms with E-state index in [4.69, 9.17) is 40.5 Å². The minimum absolute atomic E-state index is 0.184. The highest BCUT2D eigenvalue weighted by atomic mass is 35.5. The van der Waals surface area contributed by atoms with Crippen molar-refractivity contribution < 1.29 is 14.7 Å². The van der Waals surface area contributed by atoms with Gasteiger partial charge >= 0.3 is 5.97 Å². The van der Waals surface area contributed by atoms with Crippen LogP contribution in [0.15, 0.2) is 29.3 Å². The summed E-state index contributed by atoms with van der Waals surface area (Å²) in [5, 5.41) is 17.5. The van der Waals surface area contributed by atoms with E-state index in [0.29, 0.717) is 21.4 Å². The third-order valence-electron chi connectivity index (χ3n) is 3.14. The standard InChI is InChI=1S/C14H8Cl2N4O3S2/c15-8-2-1-3-9(12(8)16)20-5-7(17-18-20)4-10-13(23)19(6-11(21)22)14(24)25-10/h1-5H,6H2,(H,21,22)/b10-4-. The lowest BCUT2D eigenvalue weighted by molar-refractivity contribution is -0.140. The maximum absolute atomic E-state index is 12.2. The quantitative estimate of drug-likeness (QED) is 0.607. The van der Waals surface area contributed by atoms with Crippen LogP contribution in [0.1, 0.15) is 5.69 Å². The highest BCUT2D eigenvalue weighted by molar-refractivity contribution is 8.26. The Labute approximate surface area is 161 Å². The Morgan fingerprint density at radius 2 is 2.16 bits per heavy atom. The number of aliphatic carboxylic acids is 1. The van der Waals surface area contributed by atoms with Gasteiger partial charge in [0, 0.05) is 0 Å². The molecule has 0 atom stereocenters. The van der Waals surface area contributed by atoms with Crippen molar-refractivity contribution in [1.82, 2.24) is 19.9 Å². The third-order valence-corrected chi connectivity index (χ3v) is 5.32. The van der Waals surface area contributed by atoms with Crippen molar-refractivity contribution in [3.63, 3.8) is 0 Å². The number of carbonyl (C=O) groups excluding carboxylic acids is 1. The molecular weight excluding hydrogens is 407 g/mol. The van der Waals surface area contributed by atoms with E-state index < -0.39 is 18.4 Å². The van der Waals surface area contributed by atoms with Gasteiger partial charge in [-0.05, 0) is 18.2 Å². The highest BCUT2D eigenvalue weighted by Crippen LogP contribution is 2.32. The van der Waals surface area contributed by atoms with Crippen LogP contribution in [-0.2, 0) is 9.59 Å². The van der Waals surface area contributed by atoms with Gasteiger partial charge in [0.1, 0.15) is 16.6 Å². The molecule has 0 saturated carbocycles. The molecule has 1 aromatic heterocycles. The molecule has 1 aliphatic heterocycles. The monoisotopic (exact) mass is 414 g/mol. The second-order valence-corrected chi connectivity index (χ2v) is 7.28. The molecule has 1 aliphatic rings. The van der Waals surface area contributed by atoms with Gasteiger partial charge in [-0.25, -0.2) is 4.68 Å². The van der Waals surface area contributed by atoms with E-state index in [1.165, 1.54) is 10.8 Å². The first-order chi connectivity index (χ1) is 11.9. The number of nitrogens with zero attached hydrogens (tertiary/aromatic N) is 4. The van der Waals surface area contributed by atoms with Gasteiger partial charge in [0.05, 0.1) is 26.8 Å². The number of hydrogen-bond acceptors (Lipinski definition) is 6. The van der Waals surface area contributed by atoms with Gasteiger partial charge < -0.3 is 5.11 Å². The zero-order valence-electron chi connectivity index (χ0n) is 12.2. The van der Waals surface area contributed by atoms with Crippen molar-refractivity contribution in [1.29, 1.82) is 0 Å². The van der Waals surface area contributed by atoms with Gasteiger partial charge in [-0.3, -0.25) is 14.5 Å². The summed E-state index contributed by atoms with van der Waals surface area (Å²) in [6.45, 7) is -0.479. The average molecular weight is 415 g/mol. The molecule has 1 N–H and O–H groups in total. The second-order valence-electron chi connectivity index (χ2n) is 4.82. The third kappa shape index (κ3) is 3.69. The fourth-order valence-electron chi connectivity index (χ4n) is 2.04. The summed E-state index contributed by atoms with van der Waals surface area (Å²) in [5.74, 6) is -1.62. The van der Waals surface area contributed by atoms with Crippen molar-refractivity contribution in [3.05, 3.63) is 45.0 Å².